The van der Waals surface area contributed by atoms with E-state index in [1.54, 1.807) is 24.3 Å². The van der Waals surface area contributed by atoms with Crippen LogP contribution in [0.1, 0.15) is 30.7 Å². The van der Waals surface area contributed by atoms with Crippen LogP contribution in [-0.4, -0.2) is 29.9 Å². The van der Waals surface area contributed by atoms with Crippen LogP contribution in [0.25, 0.3) is 0 Å². The van der Waals surface area contributed by atoms with E-state index in [-0.39, 0.29) is 17.8 Å². The van der Waals surface area contributed by atoms with Crippen molar-refractivity contribution < 1.29 is 24.2 Å². The van der Waals surface area contributed by atoms with Gasteiger partial charge in [-0.3, -0.25) is 9.59 Å². The lowest BCUT2D eigenvalue weighted by molar-refractivity contribution is -0.156. The predicted molar refractivity (Wildman–Crippen MR) is 81.7 cm³/mol. The maximum atomic E-state index is 12.5. The van der Waals surface area contributed by atoms with Gasteiger partial charge in [0, 0.05) is 5.92 Å². The van der Waals surface area contributed by atoms with Crippen LogP contribution in [0, 0.1) is 23.7 Å². The van der Waals surface area contributed by atoms with Crippen molar-refractivity contribution in [2.75, 3.05) is 7.11 Å². The molecule has 2 aliphatic carbocycles. The van der Waals surface area contributed by atoms with E-state index in [1.807, 2.05) is 6.07 Å². The zero-order valence-corrected chi connectivity index (χ0v) is 13.0. The highest BCUT2D eigenvalue weighted by molar-refractivity contribution is 6.34. The van der Waals surface area contributed by atoms with Crippen LogP contribution in [0.4, 0.5) is 0 Å². The molecule has 0 aromatic heterocycles. The smallest absolute Gasteiger partial charge is 0.374 e. The minimum atomic E-state index is -0.934. The number of carboxylic acid groups (broad SMARTS) is 1. The Morgan fingerprint density at radius 2 is 1.78 bits per heavy atom. The van der Waals surface area contributed by atoms with Gasteiger partial charge in [0.2, 0.25) is 5.78 Å². The third-order valence-electron chi connectivity index (χ3n) is 5.48. The molecule has 5 nitrogen and oxygen atoms in total. The molecular weight excluding hydrogens is 296 g/mol. The second-order valence-corrected chi connectivity index (χ2v) is 6.52. The van der Waals surface area contributed by atoms with E-state index in [9.17, 15) is 19.5 Å². The molecule has 0 aliphatic heterocycles. The zero-order chi connectivity index (χ0) is 16.6. The summed E-state index contributed by atoms with van der Waals surface area (Å²) in [6, 6.07) is 9.00. The van der Waals surface area contributed by atoms with Crippen LogP contribution in [0.5, 0.6) is 0 Å². The van der Waals surface area contributed by atoms with Crippen LogP contribution in [0.15, 0.2) is 30.3 Å². The third kappa shape index (κ3) is 2.64. The fraction of sp³-hybridized carbons (Fsp3) is 0.500. The maximum Gasteiger partial charge on any atom is 0.374 e. The molecule has 0 spiro atoms. The quantitative estimate of drug-likeness (QED) is 0.665. The van der Waals surface area contributed by atoms with Crippen molar-refractivity contribution in [3.8, 4) is 0 Å². The number of carbonyl (C=O) groups is 3. The van der Waals surface area contributed by atoms with Gasteiger partial charge >= 0.3 is 11.9 Å². The van der Waals surface area contributed by atoms with Gasteiger partial charge in [0.1, 0.15) is 0 Å². The van der Waals surface area contributed by atoms with E-state index in [1.165, 1.54) is 7.11 Å². The Kier molecular flexibility index (Phi) is 4.20. The van der Waals surface area contributed by atoms with Crippen molar-refractivity contribution >= 4 is 17.7 Å². The number of ketones is 1. The van der Waals surface area contributed by atoms with Crippen LogP contribution in [0.2, 0.25) is 0 Å². The lowest BCUT2D eigenvalue weighted by atomic mass is 9.68. The first-order valence-corrected chi connectivity index (χ1v) is 7.94. The van der Waals surface area contributed by atoms with Gasteiger partial charge in [-0.15, -0.1) is 0 Å². The summed E-state index contributed by atoms with van der Waals surface area (Å²) in [7, 11) is 1.19. The predicted octanol–water partition coefficient (Wildman–Crippen LogP) is 2.26. The van der Waals surface area contributed by atoms with Crippen molar-refractivity contribution in [1.29, 1.82) is 0 Å². The number of ether oxygens (including phenoxy) is 1. The molecule has 122 valence electrons. The van der Waals surface area contributed by atoms with E-state index in [0.717, 1.165) is 19.3 Å². The Bertz CT molecular complexity index is 624. The number of esters is 1. The Hall–Kier alpha value is -2.17. The lowest BCUT2D eigenvalue weighted by Gasteiger charge is -2.33. The number of hydrogen-bond donors (Lipinski definition) is 1. The van der Waals surface area contributed by atoms with Crippen LogP contribution >= 0.6 is 0 Å². The number of rotatable bonds is 5. The van der Waals surface area contributed by atoms with E-state index >= 15 is 0 Å². The molecule has 5 atom stereocenters. The first kappa shape index (κ1) is 15.7. The molecule has 0 amide bonds. The first-order chi connectivity index (χ1) is 11.0. The molecule has 2 saturated carbocycles. The van der Waals surface area contributed by atoms with Gasteiger partial charge in [0.15, 0.2) is 0 Å². The van der Waals surface area contributed by atoms with Gasteiger partial charge in [-0.05, 0) is 42.6 Å². The minimum Gasteiger partial charge on any atom is -0.481 e. The van der Waals surface area contributed by atoms with Gasteiger partial charge in [0.05, 0.1) is 13.0 Å². The number of Topliss-reactive ketones (excluding diaryl/α,β-unsaturated/α-hetero) is 1. The molecule has 5 heteroatoms. The van der Waals surface area contributed by atoms with Crippen molar-refractivity contribution in [3.63, 3.8) is 0 Å². The summed E-state index contributed by atoms with van der Waals surface area (Å²) in [5.41, 5.74) is 0.695. The van der Waals surface area contributed by atoms with Crippen molar-refractivity contribution in [3.05, 3.63) is 35.9 Å². The van der Waals surface area contributed by atoms with Gasteiger partial charge < -0.3 is 9.84 Å². The molecule has 2 bridgehead atoms. The average molecular weight is 316 g/mol. The summed E-state index contributed by atoms with van der Waals surface area (Å²) >= 11 is 0. The van der Waals surface area contributed by atoms with Crippen LogP contribution in [0.3, 0.4) is 0 Å². The van der Waals surface area contributed by atoms with Gasteiger partial charge in [-0.1, -0.05) is 30.3 Å². The Balaban J connectivity index is 1.98. The van der Waals surface area contributed by atoms with Gasteiger partial charge in [0.25, 0.3) is 0 Å². The number of hydrogen-bond acceptors (Lipinski definition) is 4. The molecule has 0 saturated heterocycles. The highest BCUT2D eigenvalue weighted by Gasteiger charge is 2.56. The summed E-state index contributed by atoms with van der Waals surface area (Å²) in [6.07, 6.45) is 2.64. The summed E-state index contributed by atoms with van der Waals surface area (Å²) in [5.74, 6) is -3.71. The van der Waals surface area contributed by atoms with E-state index < -0.39 is 29.6 Å². The summed E-state index contributed by atoms with van der Waals surface area (Å²) in [5, 5.41) is 9.78. The van der Waals surface area contributed by atoms with Gasteiger partial charge in [-0.2, -0.15) is 0 Å². The average Bonchev–Trinajstić information content (AvgIpc) is 3.16. The molecule has 5 unspecified atom stereocenters. The van der Waals surface area contributed by atoms with E-state index in [2.05, 4.69) is 4.74 Å². The number of carboxylic acids is 1. The molecule has 2 aliphatic rings. The summed E-state index contributed by atoms with van der Waals surface area (Å²) in [4.78, 5) is 36.1. The van der Waals surface area contributed by atoms with Crippen molar-refractivity contribution in [2.45, 2.75) is 25.2 Å². The normalized spacial score (nSPS) is 30.0. The molecule has 3 rings (SSSR count). The standard InChI is InChI=1S/C18H20O5/c1-23-18(22)16(19)14-12-8-7-11(9-12)13(14)15(17(20)21)10-5-3-2-4-6-10/h2-6,11-15H,7-9H2,1H3,(H,20,21). The maximum absolute atomic E-state index is 12.5. The van der Waals surface area contributed by atoms with Crippen LogP contribution in [-0.2, 0) is 19.1 Å². The molecule has 0 heterocycles. The fourth-order valence-electron chi connectivity index (χ4n) is 4.63. The fourth-order valence-corrected chi connectivity index (χ4v) is 4.63. The molecule has 23 heavy (non-hydrogen) atoms. The molecule has 1 N–H and O–H groups in total. The highest BCUT2D eigenvalue weighted by Crippen LogP contribution is 2.57. The monoisotopic (exact) mass is 316 g/mol. The van der Waals surface area contributed by atoms with E-state index in [0.29, 0.717) is 5.56 Å². The van der Waals surface area contributed by atoms with Crippen LogP contribution < -0.4 is 0 Å². The Morgan fingerprint density at radius 1 is 1.13 bits per heavy atom. The third-order valence-corrected chi connectivity index (χ3v) is 5.48. The lowest BCUT2D eigenvalue weighted by Crippen LogP contribution is -2.39. The molecule has 0 radical (unpaired) electrons. The summed E-state index contributed by atoms with van der Waals surface area (Å²) in [6.45, 7) is 0. The first-order valence-electron chi connectivity index (χ1n) is 7.94. The Morgan fingerprint density at radius 3 is 2.39 bits per heavy atom. The molecule has 2 fully saturated rings. The van der Waals surface area contributed by atoms with Crippen molar-refractivity contribution in [1.82, 2.24) is 0 Å². The number of carbonyl (C=O) groups excluding carboxylic acids is 2. The summed E-state index contributed by atoms with van der Waals surface area (Å²) < 4.78 is 4.59. The second kappa shape index (κ2) is 6.14. The number of benzene rings is 1. The molecular formula is C18H20O5. The minimum absolute atomic E-state index is 0.0992. The number of fused-ring (bicyclic) bond motifs is 2. The molecule has 1 aromatic rings. The number of aliphatic carboxylic acids is 1. The molecule has 1 aromatic carbocycles. The van der Waals surface area contributed by atoms with Gasteiger partial charge in [-0.25, -0.2) is 4.79 Å². The highest BCUT2D eigenvalue weighted by atomic mass is 16.5. The number of methoxy groups -OCH3 is 1. The van der Waals surface area contributed by atoms with E-state index in [4.69, 9.17) is 0 Å². The topological polar surface area (TPSA) is 80.7 Å². The largest absolute Gasteiger partial charge is 0.481 e. The Labute approximate surface area is 134 Å². The SMILES string of the molecule is COC(=O)C(=O)C1C2CCC(C2)C1C(C(=O)O)c1ccccc1. The van der Waals surface area contributed by atoms with Crippen molar-refractivity contribution in [2.24, 2.45) is 23.7 Å². The zero-order valence-electron chi connectivity index (χ0n) is 13.0. The second-order valence-electron chi connectivity index (χ2n) is 6.52.